The van der Waals surface area contributed by atoms with E-state index in [-0.39, 0.29) is 17.9 Å². The quantitative estimate of drug-likeness (QED) is 0.326. The second-order valence-corrected chi connectivity index (χ2v) is 6.42. The second kappa shape index (κ2) is 9.22. The fraction of sp³-hybridized carbons (Fsp3) is 0.150. The Labute approximate surface area is 171 Å². The smallest absolute Gasteiger partial charge is 0.335 e. The Bertz CT molecular complexity index is 1140. The van der Waals surface area contributed by atoms with Crippen molar-refractivity contribution in [1.29, 1.82) is 0 Å². The molecule has 0 aliphatic carbocycles. The van der Waals surface area contributed by atoms with E-state index < -0.39 is 17.1 Å². The number of amidine groups is 1. The monoisotopic (exact) mass is 414 g/mol. The lowest BCUT2D eigenvalue weighted by molar-refractivity contribution is 0.208. The lowest BCUT2D eigenvalue weighted by Gasteiger charge is -2.15. The molecule has 0 amide bonds. The van der Waals surface area contributed by atoms with Gasteiger partial charge in [0.15, 0.2) is 0 Å². The van der Waals surface area contributed by atoms with Gasteiger partial charge in [0.2, 0.25) is 5.88 Å². The van der Waals surface area contributed by atoms with E-state index in [4.69, 9.17) is 16.3 Å². The van der Waals surface area contributed by atoms with Gasteiger partial charge < -0.3 is 15.2 Å². The topological polar surface area (TPSA) is 109 Å². The molecule has 0 fully saturated rings. The van der Waals surface area contributed by atoms with E-state index in [0.717, 1.165) is 4.57 Å². The van der Waals surface area contributed by atoms with Crippen molar-refractivity contribution in [3.8, 4) is 11.6 Å². The Hall–Kier alpha value is -3.36. The Morgan fingerprint density at radius 3 is 2.66 bits per heavy atom. The third kappa shape index (κ3) is 4.74. The summed E-state index contributed by atoms with van der Waals surface area (Å²) in [7, 11) is 1.53. The van der Waals surface area contributed by atoms with Gasteiger partial charge in [0.25, 0.3) is 5.56 Å². The molecule has 2 aromatic carbocycles. The highest BCUT2D eigenvalue weighted by Gasteiger charge is 2.20. The third-order valence-electron chi connectivity index (χ3n) is 3.99. The van der Waals surface area contributed by atoms with E-state index in [1.54, 1.807) is 30.3 Å². The highest BCUT2D eigenvalue weighted by atomic mass is 35.5. The number of H-pyrrole nitrogens is 1. The van der Waals surface area contributed by atoms with Gasteiger partial charge in [-0.1, -0.05) is 35.9 Å². The molecule has 3 rings (SSSR count). The summed E-state index contributed by atoms with van der Waals surface area (Å²) >= 11 is 6.01. The molecule has 3 N–H and O–H groups in total. The summed E-state index contributed by atoms with van der Waals surface area (Å²) < 4.78 is 5.97. The van der Waals surface area contributed by atoms with Crippen LogP contribution in [-0.4, -0.2) is 40.8 Å². The minimum absolute atomic E-state index is 0.0998. The zero-order chi connectivity index (χ0) is 20.8. The van der Waals surface area contributed by atoms with Crippen LogP contribution in [0.15, 0.2) is 69.2 Å². The number of hydrogen-bond acceptors (Lipinski definition) is 5. The molecular formula is C20H19ClN4O4. The van der Waals surface area contributed by atoms with Crippen LogP contribution < -0.4 is 16.6 Å². The SMILES string of the molecule is COCCN=C(Nc1ccccc1)c1c(O)n(-c2cccc(Cl)c2)c(=O)[nH]c1=O. The summed E-state index contributed by atoms with van der Waals surface area (Å²) in [6, 6.07) is 15.4. The third-order valence-corrected chi connectivity index (χ3v) is 4.23. The first-order valence-electron chi connectivity index (χ1n) is 8.71. The van der Waals surface area contributed by atoms with Gasteiger partial charge in [-0.2, -0.15) is 0 Å². The number of ether oxygens (including phenoxy) is 1. The average molecular weight is 415 g/mol. The predicted octanol–water partition coefficient (Wildman–Crippen LogP) is 2.39. The molecule has 0 bridgehead atoms. The van der Waals surface area contributed by atoms with Gasteiger partial charge in [0, 0.05) is 17.8 Å². The van der Waals surface area contributed by atoms with E-state index in [2.05, 4.69) is 15.3 Å². The molecule has 0 radical (unpaired) electrons. The van der Waals surface area contributed by atoms with E-state index in [9.17, 15) is 14.7 Å². The number of anilines is 1. The molecule has 9 heteroatoms. The molecule has 3 aromatic rings. The van der Waals surface area contributed by atoms with Crippen LogP contribution in [0.3, 0.4) is 0 Å². The Morgan fingerprint density at radius 1 is 1.21 bits per heavy atom. The van der Waals surface area contributed by atoms with Gasteiger partial charge in [-0.3, -0.25) is 14.8 Å². The van der Waals surface area contributed by atoms with E-state index in [1.807, 2.05) is 18.2 Å². The zero-order valence-corrected chi connectivity index (χ0v) is 16.3. The molecule has 150 valence electrons. The van der Waals surface area contributed by atoms with Crippen LogP contribution >= 0.6 is 11.6 Å². The average Bonchev–Trinajstić information content (AvgIpc) is 2.68. The van der Waals surface area contributed by atoms with Gasteiger partial charge in [0.05, 0.1) is 18.8 Å². The first kappa shape index (κ1) is 20.4. The number of benzene rings is 2. The standard InChI is InChI=1S/C20H19ClN4O4/c1-29-11-10-22-17(23-14-7-3-2-4-8-14)16-18(26)24-20(28)25(19(16)27)15-9-5-6-13(21)12-15/h2-9,12,27H,10-11H2,1H3,(H,22,23)(H,24,26,28). The van der Waals surface area contributed by atoms with Crippen LogP contribution in [0, 0.1) is 0 Å². The number of aromatic nitrogens is 2. The number of methoxy groups -OCH3 is 1. The highest BCUT2D eigenvalue weighted by Crippen LogP contribution is 2.20. The second-order valence-electron chi connectivity index (χ2n) is 5.99. The van der Waals surface area contributed by atoms with Crippen molar-refractivity contribution in [3.63, 3.8) is 0 Å². The van der Waals surface area contributed by atoms with Crippen LogP contribution in [0.1, 0.15) is 5.56 Å². The first-order chi connectivity index (χ1) is 14.0. The molecule has 29 heavy (non-hydrogen) atoms. The Balaban J connectivity index is 2.17. The maximum Gasteiger partial charge on any atom is 0.335 e. The molecule has 1 heterocycles. The van der Waals surface area contributed by atoms with Crippen molar-refractivity contribution in [2.75, 3.05) is 25.6 Å². The van der Waals surface area contributed by atoms with Gasteiger partial charge in [-0.15, -0.1) is 0 Å². The summed E-state index contributed by atoms with van der Waals surface area (Å²) in [5.41, 5.74) is -0.791. The van der Waals surface area contributed by atoms with Gasteiger partial charge >= 0.3 is 5.69 Å². The van der Waals surface area contributed by atoms with Crippen molar-refractivity contribution in [3.05, 3.63) is 86.0 Å². The van der Waals surface area contributed by atoms with Crippen molar-refractivity contribution in [2.45, 2.75) is 0 Å². The number of halogens is 1. The largest absolute Gasteiger partial charge is 0.493 e. The van der Waals surface area contributed by atoms with Crippen LogP contribution in [0.25, 0.3) is 5.69 Å². The number of aromatic amines is 1. The van der Waals surface area contributed by atoms with Crippen molar-refractivity contribution in [1.82, 2.24) is 9.55 Å². The number of aromatic hydroxyl groups is 1. The van der Waals surface area contributed by atoms with Gasteiger partial charge in [0.1, 0.15) is 11.4 Å². The first-order valence-corrected chi connectivity index (χ1v) is 9.09. The molecule has 0 saturated heterocycles. The van der Waals surface area contributed by atoms with E-state index in [0.29, 0.717) is 23.0 Å². The molecule has 0 aliphatic rings. The number of aliphatic imine (C=N–C) groups is 1. The van der Waals surface area contributed by atoms with Crippen molar-refractivity contribution < 1.29 is 9.84 Å². The predicted molar refractivity (Wildman–Crippen MR) is 113 cm³/mol. The maximum absolute atomic E-state index is 12.6. The number of rotatable bonds is 6. The molecular weight excluding hydrogens is 396 g/mol. The van der Waals surface area contributed by atoms with Gasteiger partial charge in [-0.05, 0) is 30.3 Å². The summed E-state index contributed by atoms with van der Waals surface area (Å²) in [5.74, 6) is -0.455. The number of hydrogen-bond donors (Lipinski definition) is 3. The molecule has 0 saturated carbocycles. The zero-order valence-electron chi connectivity index (χ0n) is 15.6. The molecule has 0 atom stereocenters. The Kier molecular flexibility index (Phi) is 6.48. The maximum atomic E-state index is 12.6. The highest BCUT2D eigenvalue weighted by molar-refractivity contribution is 6.30. The molecule has 0 spiro atoms. The van der Waals surface area contributed by atoms with Crippen molar-refractivity contribution >= 4 is 23.1 Å². The van der Waals surface area contributed by atoms with Crippen LogP contribution in [0.4, 0.5) is 5.69 Å². The Morgan fingerprint density at radius 2 is 1.97 bits per heavy atom. The molecule has 1 aromatic heterocycles. The van der Waals surface area contributed by atoms with Gasteiger partial charge in [-0.25, -0.2) is 9.36 Å². The normalized spacial score (nSPS) is 11.4. The van der Waals surface area contributed by atoms with E-state index >= 15 is 0 Å². The fourth-order valence-electron chi connectivity index (χ4n) is 2.68. The van der Waals surface area contributed by atoms with Crippen LogP contribution in [0.5, 0.6) is 5.88 Å². The molecule has 0 unspecified atom stereocenters. The lowest BCUT2D eigenvalue weighted by Crippen LogP contribution is -2.35. The number of nitrogens with one attached hydrogen (secondary N) is 2. The van der Waals surface area contributed by atoms with E-state index in [1.165, 1.54) is 13.2 Å². The van der Waals surface area contributed by atoms with Crippen LogP contribution in [-0.2, 0) is 4.74 Å². The minimum atomic E-state index is -0.797. The van der Waals surface area contributed by atoms with Crippen LogP contribution in [0.2, 0.25) is 5.02 Å². The fourth-order valence-corrected chi connectivity index (χ4v) is 2.87. The van der Waals surface area contributed by atoms with Crippen molar-refractivity contribution in [2.24, 2.45) is 4.99 Å². The number of nitrogens with zero attached hydrogens (tertiary/aromatic N) is 2. The number of para-hydroxylation sites is 1. The lowest BCUT2D eigenvalue weighted by atomic mass is 10.2. The summed E-state index contributed by atoms with van der Waals surface area (Å²) in [5, 5.41) is 14.2. The molecule has 8 nitrogen and oxygen atoms in total. The molecule has 0 aliphatic heterocycles. The summed E-state index contributed by atoms with van der Waals surface area (Å²) in [6.45, 7) is 0.549. The summed E-state index contributed by atoms with van der Waals surface area (Å²) in [6.07, 6.45) is 0. The summed E-state index contributed by atoms with van der Waals surface area (Å²) in [4.78, 5) is 31.5. The minimum Gasteiger partial charge on any atom is -0.493 e.